The number of anilines is 1. The second-order valence-corrected chi connectivity index (χ2v) is 8.59. The first-order valence-electron chi connectivity index (χ1n) is 11.5. The first kappa shape index (κ1) is 22.8. The Kier molecular flexibility index (Phi) is 8.75. The van der Waals surface area contributed by atoms with Crippen LogP contribution in [0.1, 0.15) is 51.5 Å². The number of hydrogen-bond donors (Lipinski definition) is 2. The molecule has 1 aliphatic heterocycles. The van der Waals surface area contributed by atoms with Crippen LogP contribution in [0.3, 0.4) is 0 Å². The van der Waals surface area contributed by atoms with Crippen LogP contribution in [-0.2, 0) is 16.0 Å². The molecule has 2 fully saturated rings. The van der Waals surface area contributed by atoms with Crippen LogP contribution >= 0.6 is 0 Å². The average molecular weight is 418 g/mol. The number of ether oxygens (including phenoxy) is 2. The minimum Gasteiger partial charge on any atom is -0.382 e. The molecule has 1 unspecified atom stereocenters. The summed E-state index contributed by atoms with van der Waals surface area (Å²) in [7, 11) is 1.83. The SMILES string of the molecule is CCOCCC1(CNC(=NC)NCc2ccc(N3CCOC(C)C3)nc2)CCCC1. The van der Waals surface area contributed by atoms with Crippen LogP contribution in [0, 0.1) is 5.41 Å². The second kappa shape index (κ2) is 11.5. The van der Waals surface area contributed by atoms with Crippen molar-refractivity contribution < 1.29 is 9.47 Å². The molecular weight excluding hydrogens is 378 g/mol. The number of rotatable bonds is 9. The van der Waals surface area contributed by atoms with Crippen molar-refractivity contribution in [3.63, 3.8) is 0 Å². The molecule has 0 amide bonds. The van der Waals surface area contributed by atoms with Crippen LogP contribution in [0.5, 0.6) is 0 Å². The molecule has 0 bridgehead atoms. The minimum absolute atomic E-state index is 0.257. The van der Waals surface area contributed by atoms with E-state index < -0.39 is 0 Å². The molecule has 2 N–H and O–H groups in total. The molecule has 1 saturated carbocycles. The van der Waals surface area contributed by atoms with Gasteiger partial charge in [-0.15, -0.1) is 0 Å². The Morgan fingerprint density at radius 1 is 1.33 bits per heavy atom. The van der Waals surface area contributed by atoms with Gasteiger partial charge in [0.25, 0.3) is 0 Å². The maximum Gasteiger partial charge on any atom is 0.191 e. The maximum atomic E-state index is 5.63. The standard InChI is InChI=1S/C23H39N5O2/c1-4-29-13-11-23(9-5-6-10-23)18-27-22(24-3)26-16-20-7-8-21(25-15-20)28-12-14-30-19(2)17-28/h7-8,15,19H,4-6,9-14,16-18H2,1-3H3,(H2,24,26,27). The number of morpholine rings is 1. The Morgan fingerprint density at radius 2 is 2.17 bits per heavy atom. The van der Waals surface area contributed by atoms with Gasteiger partial charge in [-0.25, -0.2) is 4.98 Å². The molecule has 3 rings (SSSR count). The number of guanidine groups is 1. The number of hydrogen-bond acceptors (Lipinski definition) is 5. The Hall–Kier alpha value is -1.86. The van der Waals surface area contributed by atoms with Gasteiger partial charge in [0.15, 0.2) is 5.96 Å². The van der Waals surface area contributed by atoms with Crippen LogP contribution in [0.15, 0.2) is 23.3 Å². The molecule has 2 aliphatic rings. The third kappa shape index (κ3) is 6.57. The van der Waals surface area contributed by atoms with E-state index in [1.807, 2.05) is 13.2 Å². The molecule has 7 heteroatoms. The molecule has 7 nitrogen and oxygen atoms in total. The van der Waals surface area contributed by atoms with Gasteiger partial charge in [-0.3, -0.25) is 4.99 Å². The van der Waals surface area contributed by atoms with Crippen molar-refractivity contribution in [3.8, 4) is 0 Å². The maximum absolute atomic E-state index is 5.63. The minimum atomic E-state index is 0.257. The Labute approximate surface area is 181 Å². The number of nitrogens with zero attached hydrogens (tertiary/aromatic N) is 3. The van der Waals surface area contributed by atoms with Gasteiger partial charge in [0.1, 0.15) is 5.82 Å². The van der Waals surface area contributed by atoms with Gasteiger partial charge in [-0.1, -0.05) is 18.9 Å². The summed E-state index contributed by atoms with van der Waals surface area (Å²) in [5, 5.41) is 6.99. The number of pyridine rings is 1. The summed E-state index contributed by atoms with van der Waals surface area (Å²) in [6.45, 7) is 10.0. The normalized spacial score (nSPS) is 21.6. The summed E-state index contributed by atoms with van der Waals surface area (Å²) in [6, 6.07) is 4.25. The van der Waals surface area contributed by atoms with Gasteiger partial charge in [0.2, 0.25) is 0 Å². The van der Waals surface area contributed by atoms with Gasteiger partial charge in [-0.05, 0) is 50.2 Å². The quantitative estimate of drug-likeness (QED) is 0.366. The first-order chi connectivity index (χ1) is 14.6. The lowest BCUT2D eigenvalue weighted by molar-refractivity contribution is 0.0529. The smallest absolute Gasteiger partial charge is 0.191 e. The highest BCUT2D eigenvalue weighted by Crippen LogP contribution is 2.40. The second-order valence-electron chi connectivity index (χ2n) is 8.59. The molecule has 1 aliphatic carbocycles. The summed E-state index contributed by atoms with van der Waals surface area (Å²) in [6.07, 6.45) is 8.52. The van der Waals surface area contributed by atoms with Crippen molar-refractivity contribution in [3.05, 3.63) is 23.9 Å². The van der Waals surface area contributed by atoms with Crippen molar-refractivity contribution in [2.45, 2.75) is 58.6 Å². The van der Waals surface area contributed by atoms with Gasteiger partial charge >= 0.3 is 0 Å². The molecule has 0 radical (unpaired) electrons. The third-order valence-corrected chi connectivity index (χ3v) is 6.33. The highest BCUT2D eigenvalue weighted by atomic mass is 16.5. The lowest BCUT2D eigenvalue weighted by Crippen LogP contribution is -2.43. The fourth-order valence-corrected chi connectivity index (χ4v) is 4.49. The zero-order chi connectivity index (χ0) is 21.2. The lowest BCUT2D eigenvalue weighted by atomic mass is 9.83. The molecule has 1 atom stereocenters. The van der Waals surface area contributed by atoms with E-state index in [0.29, 0.717) is 12.0 Å². The molecule has 0 spiro atoms. The van der Waals surface area contributed by atoms with Gasteiger partial charge in [0, 0.05) is 52.6 Å². The fourth-order valence-electron chi connectivity index (χ4n) is 4.49. The average Bonchev–Trinajstić information content (AvgIpc) is 3.23. The Balaban J connectivity index is 1.46. The van der Waals surface area contributed by atoms with E-state index in [-0.39, 0.29) is 6.10 Å². The van der Waals surface area contributed by atoms with E-state index in [9.17, 15) is 0 Å². The van der Waals surface area contributed by atoms with E-state index in [4.69, 9.17) is 9.47 Å². The van der Waals surface area contributed by atoms with Crippen LogP contribution in [0.2, 0.25) is 0 Å². The number of aliphatic imine (C=N–C) groups is 1. The fraction of sp³-hybridized carbons (Fsp3) is 0.739. The van der Waals surface area contributed by atoms with Crippen molar-refractivity contribution in [1.29, 1.82) is 0 Å². The molecule has 1 aromatic heterocycles. The van der Waals surface area contributed by atoms with E-state index in [2.05, 4.69) is 51.5 Å². The van der Waals surface area contributed by atoms with E-state index >= 15 is 0 Å². The highest BCUT2D eigenvalue weighted by molar-refractivity contribution is 5.79. The molecule has 1 saturated heterocycles. The zero-order valence-electron chi connectivity index (χ0n) is 19.0. The summed E-state index contributed by atoms with van der Waals surface area (Å²) in [4.78, 5) is 11.4. The van der Waals surface area contributed by atoms with E-state index in [0.717, 1.165) is 63.2 Å². The third-order valence-electron chi connectivity index (χ3n) is 6.33. The Bertz CT molecular complexity index is 658. The van der Waals surface area contributed by atoms with E-state index in [1.165, 1.54) is 25.7 Å². The molecule has 2 heterocycles. The topological polar surface area (TPSA) is 71.0 Å². The van der Waals surface area contributed by atoms with Gasteiger partial charge < -0.3 is 25.0 Å². The summed E-state index contributed by atoms with van der Waals surface area (Å²) in [5.74, 6) is 1.87. The largest absolute Gasteiger partial charge is 0.382 e. The number of aromatic nitrogens is 1. The molecule has 168 valence electrons. The molecule has 1 aromatic rings. The van der Waals surface area contributed by atoms with E-state index in [1.54, 1.807) is 0 Å². The summed E-state index contributed by atoms with van der Waals surface area (Å²) >= 11 is 0. The van der Waals surface area contributed by atoms with Crippen LogP contribution in [0.25, 0.3) is 0 Å². The first-order valence-corrected chi connectivity index (χ1v) is 11.5. The predicted octanol–water partition coefficient (Wildman–Crippen LogP) is 2.96. The van der Waals surface area contributed by atoms with Crippen molar-refractivity contribution in [2.75, 3.05) is 51.4 Å². The van der Waals surface area contributed by atoms with Crippen LogP contribution in [-0.4, -0.2) is 63.6 Å². The summed E-state index contributed by atoms with van der Waals surface area (Å²) < 4.78 is 11.2. The summed E-state index contributed by atoms with van der Waals surface area (Å²) in [5.41, 5.74) is 1.49. The van der Waals surface area contributed by atoms with Crippen LogP contribution in [0.4, 0.5) is 5.82 Å². The number of nitrogens with one attached hydrogen (secondary N) is 2. The predicted molar refractivity (Wildman–Crippen MR) is 122 cm³/mol. The van der Waals surface area contributed by atoms with Gasteiger partial charge in [-0.2, -0.15) is 0 Å². The molecule has 0 aromatic carbocycles. The molecular formula is C23H39N5O2. The molecule has 30 heavy (non-hydrogen) atoms. The van der Waals surface area contributed by atoms with Crippen molar-refractivity contribution >= 4 is 11.8 Å². The van der Waals surface area contributed by atoms with Gasteiger partial charge in [0.05, 0.1) is 12.7 Å². The highest BCUT2D eigenvalue weighted by Gasteiger charge is 2.33. The lowest BCUT2D eigenvalue weighted by Gasteiger charge is -2.32. The zero-order valence-corrected chi connectivity index (χ0v) is 19.0. The van der Waals surface area contributed by atoms with Crippen LogP contribution < -0.4 is 15.5 Å². The van der Waals surface area contributed by atoms with Crippen molar-refractivity contribution in [2.24, 2.45) is 10.4 Å². The van der Waals surface area contributed by atoms with Crippen molar-refractivity contribution in [1.82, 2.24) is 15.6 Å². The Morgan fingerprint density at radius 3 is 2.83 bits per heavy atom. The monoisotopic (exact) mass is 417 g/mol.